The van der Waals surface area contributed by atoms with Crippen LogP contribution in [0.15, 0.2) is 18.3 Å². The van der Waals surface area contributed by atoms with Crippen LogP contribution in [0.5, 0.6) is 5.75 Å². The number of aromatic nitrogens is 1. The van der Waals surface area contributed by atoms with Gasteiger partial charge < -0.3 is 19.7 Å². The van der Waals surface area contributed by atoms with Gasteiger partial charge in [0, 0.05) is 12.5 Å². The van der Waals surface area contributed by atoms with E-state index in [4.69, 9.17) is 19.7 Å². The van der Waals surface area contributed by atoms with Crippen LogP contribution < -0.4 is 4.74 Å². The van der Waals surface area contributed by atoms with Crippen molar-refractivity contribution in [2.45, 2.75) is 6.92 Å². The van der Waals surface area contributed by atoms with Gasteiger partial charge in [-0.2, -0.15) is 0 Å². The second-order valence-corrected chi connectivity index (χ2v) is 3.61. The third kappa shape index (κ3) is 4.80. The topological polar surface area (TPSA) is 88.9 Å². The van der Waals surface area contributed by atoms with Crippen LogP contribution in [0.3, 0.4) is 0 Å². The molecule has 1 aromatic rings. The van der Waals surface area contributed by atoms with Crippen molar-refractivity contribution >= 4 is 5.97 Å². The molecule has 0 saturated heterocycles. The average Bonchev–Trinajstić information content (AvgIpc) is 2.34. The van der Waals surface area contributed by atoms with Crippen LogP contribution in [0.25, 0.3) is 0 Å². The first-order valence-corrected chi connectivity index (χ1v) is 5.14. The highest BCUT2D eigenvalue weighted by atomic mass is 16.7. The minimum atomic E-state index is -1.08. The Balaban J connectivity index is 2.30. The summed E-state index contributed by atoms with van der Waals surface area (Å²) in [5.74, 6) is -0.581. The molecule has 6 nitrogen and oxygen atoms in total. The van der Waals surface area contributed by atoms with E-state index >= 15 is 0 Å². The molecule has 6 heteroatoms. The van der Waals surface area contributed by atoms with E-state index in [-0.39, 0.29) is 25.0 Å². The lowest BCUT2D eigenvalue weighted by molar-refractivity contribution is -0.00811. The summed E-state index contributed by atoms with van der Waals surface area (Å²) >= 11 is 0. The van der Waals surface area contributed by atoms with Crippen LogP contribution in [0.4, 0.5) is 0 Å². The molecular weight excluding hydrogens is 226 g/mol. The lowest BCUT2D eigenvalue weighted by atomic mass is 10.2. The molecule has 0 aromatic carbocycles. The van der Waals surface area contributed by atoms with Crippen molar-refractivity contribution in [2.75, 3.05) is 20.0 Å². The first kappa shape index (κ1) is 13.4. The first-order chi connectivity index (χ1) is 8.13. The predicted octanol–water partition coefficient (Wildman–Crippen LogP) is 0.761. The van der Waals surface area contributed by atoms with Crippen LogP contribution in [-0.4, -0.2) is 41.2 Å². The molecule has 1 unspecified atom stereocenters. The minimum Gasteiger partial charge on any atom is -0.477 e. The molecule has 2 N–H and O–H groups in total. The fourth-order valence-corrected chi connectivity index (χ4v) is 1.00. The van der Waals surface area contributed by atoms with E-state index in [1.807, 2.05) is 6.92 Å². The molecular formula is C11H15NO5. The number of rotatable bonds is 7. The zero-order chi connectivity index (χ0) is 12.7. The minimum absolute atomic E-state index is 0.0350. The van der Waals surface area contributed by atoms with Crippen molar-refractivity contribution in [3.63, 3.8) is 0 Å². The Kier molecular flexibility index (Phi) is 5.38. The van der Waals surface area contributed by atoms with E-state index in [9.17, 15) is 4.79 Å². The lowest BCUT2D eigenvalue weighted by Gasteiger charge is -2.09. The summed E-state index contributed by atoms with van der Waals surface area (Å²) in [7, 11) is 0. The molecule has 1 atom stereocenters. The van der Waals surface area contributed by atoms with Gasteiger partial charge in [0.05, 0.1) is 12.8 Å². The first-order valence-electron chi connectivity index (χ1n) is 5.14. The van der Waals surface area contributed by atoms with Gasteiger partial charge in [-0.1, -0.05) is 6.92 Å². The van der Waals surface area contributed by atoms with Gasteiger partial charge in [-0.05, 0) is 12.1 Å². The van der Waals surface area contributed by atoms with Gasteiger partial charge in [-0.3, -0.25) is 0 Å². The number of carboxylic acids is 1. The molecule has 1 aromatic heterocycles. The monoisotopic (exact) mass is 241 g/mol. The van der Waals surface area contributed by atoms with Gasteiger partial charge >= 0.3 is 5.97 Å². The summed E-state index contributed by atoms with van der Waals surface area (Å²) in [5.41, 5.74) is -0.0350. The van der Waals surface area contributed by atoms with E-state index in [2.05, 4.69) is 4.98 Å². The quantitative estimate of drug-likeness (QED) is 0.541. The van der Waals surface area contributed by atoms with Crippen LogP contribution in [0, 0.1) is 5.92 Å². The molecule has 0 spiro atoms. The van der Waals surface area contributed by atoms with Gasteiger partial charge in [0.25, 0.3) is 0 Å². The zero-order valence-corrected chi connectivity index (χ0v) is 9.50. The maximum Gasteiger partial charge on any atom is 0.354 e. The number of aromatic carboxylic acids is 1. The summed E-state index contributed by atoms with van der Waals surface area (Å²) < 4.78 is 10.3. The number of aliphatic hydroxyl groups excluding tert-OH is 1. The van der Waals surface area contributed by atoms with Gasteiger partial charge in [-0.15, -0.1) is 0 Å². The van der Waals surface area contributed by atoms with Crippen molar-refractivity contribution in [1.29, 1.82) is 0 Å². The summed E-state index contributed by atoms with van der Waals surface area (Å²) in [6, 6.07) is 2.86. The third-order valence-electron chi connectivity index (χ3n) is 1.98. The molecule has 0 saturated carbocycles. The van der Waals surface area contributed by atoms with Crippen molar-refractivity contribution in [1.82, 2.24) is 4.98 Å². The van der Waals surface area contributed by atoms with E-state index in [1.165, 1.54) is 18.3 Å². The van der Waals surface area contributed by atoms with Crippen molar-refractivity contribution in [3.05, 3.63) is 24.0 Å². The number of nitrogens with zero attached hydrogens (tertiary/aromatic N) is 1. The second-order valence-electron chi connectivity index (χ2n) is 3.61. The Bertz CT molecular complexity index is 351. The number of carboxylic acid groups (broad SMARTS) is 1. The summed E-state index contributed by atoms with van der Waals surface area (Å²) in [6.07, 6.45) is 1.32. The second kappa shape index (κ2) is 6.82. The molecule has 0 amide bonds. The number of hydrogen-bond donors (Lipinski definition) is 2. The van der Waals surface area contributed by atoms with Gasteiger partial charge in [0.1, 0.15) is 11.4 Å². The van der Waals surface area contributed by atoms with E-state index < -0.39 is 5.97 Å². The Hall–Kier alpha value is -1.66. The SMILES string of the molecule is CC(CO)COCOc1ccc(C(=O)O)nc1. The molecule has 0 bridgehead atoms. The van der Waals surface area contributed by atoms with Gasteiger partial charge in [-0.25, -0.2) is 9.78 Å². The Morgan fingerprint density at radius 3 is 2.82 bits per heavy atom. The largest absolute Gasteiger partial charge is 0.477 e. The van der Waals surface area contributed by atoms with Crippen molar-refractivity contribution in [3.8, 4) is 5.75 Å². The maximum absolute atomic E-state index is 10.5. The van der Waals surface area contributed by atoms with Crippen molar-refractivity contribution < 1.29 is 24.5 Å². The number of carbonyl (C=O) groups is 1. The Morgan fingerprint density at radius 2 is 2.29 bits per heavy atom. The van der Waals surface area contributed by atoms with Crippen LogP contribution in [0.2, 0.25) is 0 Å². The highest BCUT2D eigenvalue weighted by Gasteiger charge is 2.04. The summed E-state index contributed by atoms with van der Waals surface area (Å²) in [4.78, 5) is 14.2. The van der Waals surface area contributed by atoms with E-state index in [1.54, 1.807) is 0 Å². The summed E-state index contributed by atoms with van der Waals surface area (Å²) in [5, 5.41) is 17.4. The maximum atomic E-state index is 10.5. The normalized spacial score (nSPS) is 12.1. The van der Waals surface area contributed by atoms with Gasteiger partial charge in [0.15, 0.2) is 6.79 Å². The predicted molar refractivity (Wildman–Crippen MR) is 58.9 cm³/mol. The lowest BCUT2D eigenvalue weighted by Crippen LogP contribution is -2.13. The highest BCUT2D eigenvalue weighted by Crippen LogP contribution is 2.09. The number of ether oxygens (including phenoxy) is 2. The number of aliphatic hydroxyl groups is 1. The molecule has 17 heavy (non-hydrogen) atoms. The van der Waals surface area contributed by atoms with E-state index in [0.29, 0.717) is 12.4 Å². The molecule has 0 aliphatic heterocycles. The number of hydrogen-bond acceptors (Lipinski definition) is 5. The molecule has 0 aliphatic carbocycles. The fourth-order valence-electron chi connectivity index (χ4n) is 1.00. The van der Waals surface area contributed by atoms with E-state index in [0.717, 1.165) is 0 Å². The smallest absolute Gasteiger partial charge is 0.354 e. The van der Waals surface area contributed by atoms with Crippen molar-refractivity contribution in [2.24, 2.45) is 5.92 Å². The molecule has 0 radical (unpaired) electrons. The molecule has 1 heterocycles. The zero-order valence-electron chi connectivity index (χ0n) is 9.50. The molecule has 94 valence electrons. The Morgan fingerprint density at radius 1 is 1.53 bits per heavy atom. The van der Waals surface area contributed by atoms with Gasteiger partial charge in [0.2, 0.25) is 0 Å². The summed E-state index contributed by atoms with van der Waals surface area (Å²) in [6.45, 7) is 2.35. The average molecular weight is 241 g/mol. The van der Waals surface area contributed by atoms with Crippen LogP contribution >= 0.6 is 0 Å². The van der Waals surface area contributed by atoms with Crippen LogP contribution in [0.1, 0.15) is 17.4 Å². The third-order valence-corrected chi connectivity index (χ3v) is 1.98. The number of pyridine rings is 1. The molecule has 0 fully saturated rings. The molecule has 0 aliphatic rings. The Labute approximate surface area is 98.8 Å². The van der Waals surface area contributed by atoms with Crippen LogP contribution in [-0.2, 0) is 4.74 Å². The standard InChI is InChI=1S/C11H15NO5/c1-8(5-13)6-16-7-17-9-2-3-10(11(14)15)12-4-9/h2-4,8,13H,5-7H2,1H3,(H,14,15). The molecule has 1 rings (SSSR count). The fraction of sp³-hybridized carbons (Fsp3) is 0.455. The highest BCUT2D eigenvalue weighted by molar-refractivity contribution is 5.85.